The summed E-state index contributed by atoms with van der Waals surface area (Å²) in [5, 5.41) is 2.72. The van der Waals surface area contributed by atoms with Gasteiger partial charge in [0.25, 0.3) is 0 Å². The van der Waals surface area contributed by atoms with Gasteiger partial charge in [0.1, 0.15) is 0 Å². The molecule has 0 radical (unpaired) electrons. The highest BCUT2D eigenvalue weighted by molar-refractivity contribution is 7.80. The van der Waals surface area contributed by atoms with E-state index >= 15 is 0 Å². The van der Waals surface area contributed by atoms with Crippen molar-refractivity contribution in [3.63, 3.8) is 0 Å². The molecule has 1 rings (SSSR count). The number of hydrogen-bond donors (Lipinski definition) is 2. The lowest BCUT2D eigenvalue weighted by atomic mass is 9.97. The molecule has 0 aromatic carbocycles. The van der Waals surface area contributed by atoms with Crippen molar-refractivity contribution in [3.05, 3.63) is 0 Å². The zero-order valence-electron chi connectivity index (χ0n) is 12.0. The highest BCUT2D eigenvalue weighted by Gasteiger charge is 2.26. The molecule has 1 aliphatic rings. The van der Waals surface area contributed by atoms with Gasteiger partial charge in [0, 0.05) is 18.5 Å². The Morgan fingerprint density at radius 1 is 1.26 bits per heavy atom. The fourth-order valence-electron chi connectivity index (χ4n) is 2.57. The summed E-state index contributed by atoms with van der Waals surface area (Å²) in [7, 11) is 0. The summed E-state index contributed by atoms with van der Waals surface area (Å²) in [6.45, 7) is 4.90. The van der Waals surface area contributed by atoms with Gasteiger partial charge in [0.05, 0.1) is 13.1 Å². The Bertz CT molecular complexity index is 300. The van der Waals surface area contributed by atoms with Gasteiger partial charge in [0.2, 0.25) is 5.91 Å². The standard InChI is InChI=1S/C14H26N2O2S/c1-11-5-3-6-12(2)16(11)10-14(18)15-9-13(17)7-4-8-19/h11-12,19H,3-10H2,1-2H3,(H,15,18). The number of nitrogens with zero attached hydrogens (tertiary/aromatic N) is 1. The predicted molar refractivity (Wildman–Crippen MR) is 80.6 cm³/mol. The summed E-state index contributed by atoms with van der Waals surface area (Å²) < 4.78 is 0. The Balaban J connectivity index is 2.28. The molecule has 0 bridgehead atoms. The highest BCUT2D eigenvalue weighted by atomic mass is 32.1. The number of hydrogen-bond acceptors (Lipinski definition) is 4. The van der Waals surface area contributed by atoms with E-state index in [0.29, 0.717) is 30.8 Å². The van der Waals surface area contributed by atoms with Crippen molar-refractivity contribution in [2.24, 2.45) is 0 Å². The topological polar surface area (TPSA) is 49.4 Å². The second-order valence-corrected chi connectivity index (χ2v) is 5.89. The van der Waals surface area contributed by atoms with Crippen LogP contribution >= 0.6 is 12.6 Å². The van der Waals surface area contributed by atoms with Crippen molar-refractivity contribution < 1.29 is 9.59 Å². The lowest BCUT2D eigenvalue weighted by Crippen LogP contribution is -2.49. The minimum atomic E-state index is -0.0418. The van der Waals surface area contributed by atoms with Crippen molar-refractivity contribution in [1.82, 2.24) is 10.2 Å². The SMILES string of the molecule is CC1CCCC(C)N1CC(=O)NCC(=O)CCCS. The third-order valence-electron chi connectivity index (χ3n) is 3.80. The van der Waals surface area contributed by atoms with Crippen LogP contribution in [0.3, 0.4) is 0 Å². The molecule has 0 aromatic heterocycles. The molecule has 1 amide bonds. The number of amides is 1. The molecule has 1 aliphatic heterocycles. The van der Waals surface area contributed by atoms with Crippen LogP contribution < -0.4 is 5.32 Å². The monoisotopic (exact) mass is 286 g/mol. The summed E-state index contributed by atoms with van der Waals surface area (Å²) in [4.78, 5) is 25.6. The second kappa shape index (κ2) is 8.59. The zero-order valence-corrected chi connectivity index (χ0v) is 12.9. The molecule has 1 N–H and O–H groups in total. The van der Waals surface area contributed by atoms with Crippen molar-refractivity contribution in [3.8, 4) is 0 Å². The molecule has 0 aliphatic carbocycles. The first kappa shape index (κ1) is 16.5. The molecule has 19 heavy (non-hydrogen) atoms. The number of likely N-dealkylation sites (tertiary alicyclic amines) is 1. The average molecular weight is 286 g/mol. The van der Waals surface area contributed by atoms with Crippen LogP contribution in [0, 0.1) is 0 Å². The van der Waals surface area contributed by atoms with Gasteiger partial charge >= 0.3 is 0 Å². The van der Waals surface area contributed by atoms with Gasteiger partial charge in [-0.2, -0.15) is 12.6 Å². The van der Waals surface area contributed by atoms with Gasteiger partial charge in [0.15, 0.2) is 5.78 Å². The van der Waals surface area contributed by atoms with Crippen LogP contribution in [0.15, 0.2) is 0 Å². The quantitative estimate of drug-likeness (QED) is 0.700. The molecule has 110 valence electrons. The summed E-state index contributed by atoms with van der Waals surface area (Å²) >= 11 is 4.07. The molecule has 2 unspecified atom stereocenters. The van der Waals surface area contributed by atoms with E-state index in [4.69, 9.17) is 0 Å². The lowest BCUT2D eigenvalue weighted by Gasteiger charge is -2.38. The first-order chi connectivity index (χ1) is 9.04. The summed E-state index contributed by atoms with van der Waals surface area (Å²) in [6, 6.07) is 0.906. The summed E-state index contributed by atoms with van der Waals surface area (Å²) in [5.74, 6) is 0.754. The molecule has 1 fully saturated rings. The van der Waals surface area contributed by atoms with Gasteiger partial charge in [-0.3, -0.25) is 14.5 Å². The summed E-state index contributed by atoms with van der Waals surface area (Å²) in [5.41, 5.74) is 0. The smallest absolute Gasteiger partial charge is 0.234 e. The van der Waals surface area contributed by atoms with Crippen LogP contribution in [-0.4, -0.2) is 47.5 Å². The van der Waals surface area contributed by atoms with E-state index in [1.54, 1.807) is 0 Å². The molecule has 1 saturated heterocycles. The van der Waals surface area contributed by atoms with E-state index in [0.717, 1.165) is 19.3 Å². The largest absolute Gasteiger partial charge is 0.348 e. The number of piperidine rings is 1. The Labute approximate surface area is 121 Å². The Morgan fingerprint density at radius 2 is 1.89 bits per heavy atom. The van der Waals surface area contributed by atoms with E-state index < -0.39 is 0 Å². The van der Waals surface area contributed by atoms with Gasteiger partial charge in [-0.25, -0.2) is 0 Å². The lowest BCUT2D eigenvalue weighted by molar-refractivity contribution is -0.127. The fraction of sp³-hybridized carbons (Fsp3) is 0.857. The molecule has 1 heterocycles. The minimum absolute atomic E-state index is 0.0418. The van der Waals surface area contributed by atoms with Gasteiger partial charge in [-0.15, -0.1) is 0 Å². The summed E-state index contributed by atoms with van der Waals surface area (Å²) in [6.07, 6.45) is 4.82. The van der Waals surface area contributed by atoms with Crippen LogP contribution in [0.25, 0.3) is 0 Å². The number of carbonyl (C=O) groups excluding carboxylic acids is 2. The zero-order chi connectivity index (χ0) is 14.3. The third kappa shape index (κ3) is 5.95. The molecular weight excluding hydrogens is 260 g/mol. The third-order valence-corrected chi connectivity index (χ3v) is 4.11. The van der Waals surface area contributed by atoms with Gasteiger partial charge < -0.3 is 5.32 Å². The minimum Gasteiger partial charge on any atom is -0.348 e. The molecule has 0 aromatic rings. The van der Waals surface area contributed by atoms with Crippen LogP contribution in [0.5, 0.6) is 0 Å². The second-order valence-electron chi connectivity index (χ2n) is 5.44. The number of thiol groups is 1. The Morgan fingerprint density at radius 3 is 2.47 bits per heavy atom. The van der Waals surface area contributed by atoms with E-state index in [9.17, 15) is 9.59 Å². The number of carbonyl (C=O) groups is 2. The van der Waals surface area contributed by atoms with E-state index in [-0.39, 0.29) is 18.2 Å². The van der Waals surface area contributed by atoms with Crippen molar-refractivity contribution in [2.75, 3.05) is 18.8 Å². The van der Waals surface area contributed by atoms with Crippen molar-refractivity contribution >= 4 is 24.3 Å². The molecular formula is C14H26N2O2S. The normalized spacial score (nSPS) is 24.2. The van der Waals surface area contributed by atoms with Crippen molar-refractivity contribution in [2.45, 2.75) is 58.0 Å². The van der Waals surface area contributed by atoms with Crippen LogP contribution in [0.4, 0.5) is 0 Å². The van der Waals surface area contributed by atoms with Gasteiger partial charge in [-0.05, 0) is 38.9 Å². The van der Waals surface area contributed by atoms with E-state index in [1.165, 1.54) is 6.42 Å². The Kier molecular flexibility index (Phi) is 7.46. The van der Waals surface area contributed by atoms with Crippen molar-refractivity contribution in [1.29, 1.82) is 0 Å². The maximum Gasteiger partial charge on any atom is 0.234 e. The van der Waals surface area contributed by atoms with E-state index in [2.05, 4.69) is 36.7 Å². The van der Waals surface area contributed by atoms with Gasteiger partial charge in [-0.1, -0.05) is 6.42 Å². The predicted octanol–water partition coefficient (Wildman–Crippen LogP) is 1.64. The fourth-order valence-corrected chi connectivity index (χ4v) is 2.73. The number of Topliss-reactive ketones (excluding diaryl/α,β-unsaturated/α-hetero) is 1. The number of rotatable bonds is 7. The molecule has 5 heteroatoms. The molecule has 4 nitrogen and oxygen atoms in total. The number of nitrogens with one attached hydrogen (secondary N) is 1. The molecule has 0 spiro atoms. The van der Waals surface area contributed by atoms with Crippen LogP contribution in [0.2, 0.25) is 0 Å². The first-order valence-corrected chi connectivity index (χ1v) is 7.82. The molecule has 0 saturated carbocycles. The average Bonchev–Trinajstić information content (AvgIpc) is 2.38. The first-order valence-electron chi connectivity index (χ1n) is 7.19. The maximum absolute atomic E-state index is 11.9. The highest BCUT2D eigenvalue weighted by Crippen LogP contribution is 2.21. The van der Waals surface area contributed by atoms with E-state index in [1.807, 2.05) is 0 Å². The maximum atomic E-state index is 11.9. The van der Waals surface area contributed by atoms with Crippen LogP contribution in [-0.2, 0) is 9.59 Å². The number of ketones is 1. The molecule has 2 atom stereocenters. The van der Waals surface area contributed by atoms with Crippen LogP contribution in [0.1, 0.15) is 46.0 Å². The Hall–Kier alpha value is -0.550.